The largest absolute Gasteiger partial charge is 0.496 e. The molecule has 9 nitrogen and oxygen atoms in total. The van der Waals surface area contributed by atoms with Crippen LogP contribution in [0.3, 0.4) is 0 Å². The Kier molecular flexibility index (Phi) is 5.26. The Morgan fingerprint density at radius 2 is 1.79 bits per heavy atom. The van der Waals surface area contributed by atoms with Gasteiger partial charge in [0.1, 0.15) is 5.75 Å². The topological polar surface area (TPSA) is 99.2 Å². The maximum atomic E-state index is 12.3. The lowest BCUT2D eigenvalue weighted by atomic mass is 10.2. The zero-order valence-corrected chi connectivity index (χ0v) is 14.8. The molecule has 0 bridgehead atoms. The molecule has 1 N–H and O–H groups in total. The average Bonchev–Trinajstić information content (AvgIpc) is 2.95. The molecule has 2 aromatic heterocycles. The molecule has 0 unspecified atom stereocenters. The fourth-order valence-electron chi connectivity index (χ4n) is 2.52. The highest BCUT2D eigenvalue weighted by atomic mass is 19.4. The molecule has 0 aliphatic heterocycles. The molecule has 152 valence electrons. The molecule has 3 aromatic rings. The Labute approximate surface area is 160 Å². The minimum atomic E-state index is -5.32. The number of H-pyrrole nitrogens is 1. The molecule has 0 amide bonds. The van der Waals surface area contributed by atoms with Gasteiger partial charge in [-0.15, -0.1) is 0 Å². The Morgan fingerprint density at radius 1 is 1.14 bits per heavy atom. The van der Waals surface area contributed by atoms with Gasteiger partial charge in [-0.2, -0.15) is 13.2 Å². The number of nitrogens with one attached hydrogen (secondary N) is 1. The minimum Gasteiger partial charge on any atom is -0.496 e. The van der Waals surface area contributed by atoms with E-state index in [0.29, 0.717) is 16.9 Å². The number of hydrogen-bond donors (Lipinski definition) is 1. The third-order valence-corrected chi connectivity index (χ3v) is 3.85. The summed E-state index contributed by atoms with van der Waals surface area (Å²) in [5.41, 5.74) is -1.43. The number of para-hydroxylation sites is 1. The first kappa shape index (κ1) is 19.9. The highest BCUT2D eigenvalue weighted by Crippen LogP contribution is 2.16. The van der Waals surface area contributed by atoms with Crippen LogP contribution < -0.4 is 25.5 Å². The first-order valence-corrected chi connectivity index (χ1v) is 8.05. The fourth-order valence-corrected chi connectivity index (χ4v) is 2.52. The monoisotopic (exact) mass is 411 g/mol. The molecule has 0 aliphatic carbocycles. The van der Waals surface area contributed by atoms with Crippen molar-refractivity contribution in [2.45, 2.75) is 12.7 Å². The van der Waals surface area contributed by atoms with E-state index in [9.17, 15) is 27.6 Å². The van der Waals surface area contributed by atoms with Crippen LogP contribution in [-0.2, 0) is 11.3 Å². The van der Waals surface area contributed by atoms with Crippen LogP contribution in [-0.4, -0.2) is 33.8 Å². The summed E-state index contributed by atoms with van der Waals surface area (Å²) in [4.78, 5) is 38.6. The van der Waals surface area contributed by atoms with E-state index in [1.54, 1.807) is 35.2 Å². The summed E-state index contributed by atoms with van der Waals surface area (Å²) >= 11 is 0. The minimum absolute atomic E-state index is 0.0642. The number of benzene rings is 1. The number of halogens is 3. The second-order valence-corrected chi connectivity index (χ2v) is 5.75. The first-order valence-electron chi connectivity index (χ1n) is 8.05. The summed E-state index contributed by atoms with van der Waals surface area (Å²) in [6.45, 7) is 0.430. The van der Waals surface area contributed by atoms with Gasteiger partial charge in [0.2, 0.25) is 0 Å². The Morgan fingerprint density at radius 3 is 2.41 bits per heavy atom. The number of aromatic amines is 1. The van der Waals surface area contributed by atoms with Crippen molar-refractivity contribution in [2.24, 2.45) is 0 Å². The van der Waals surface area contributed by atoms with Gasteiger partial charge in [0.15, 0.2) is 18.9 Å². The third kappa shape index (κ3) is 4.20. The molecule has 0 spiro atoms. The van der Waals surface area contributed by atoms with E-state index in [2.05, 4.69) is 4.84 Å². The molecule has 3 rings (SSSR count). The zero-order chi connectivity index (χ0) is 21.2. The Hall–Kier alpha value is -3.83. The molecule has 0 fully saturated rings. The smallest absolute Gasteiger partial charge is 0.493 e. The van der Waals surface area contributed by atoms with Crippen LogP contribution in [0.1, 0.15) is 5.56 Å². The summed E-state index contributed by atoms with van der Waals surface area (Å²) < 4.78 is 44.4. The highest BCUT2D eigenvalue weighted by molar-refractivity contribution is 5.75. The van der Waals surface area contributed by atoms with Gasteiger partial charge in [-0.05, 0) is 17.0 Å². The maximum absolute atomic E-state index is 12.3. The molecule has 0 saturated carbocycles. The predicted molar refractivity (Wildman–Crippen MR) is 90.6 cm³/mol. The van der Waals surface area contributed by atoms with Crippen LogP contribution >= 0.6 is 0 Å². The first-order chi connectivity index (χ1) is 13.7. The van der Waals surface area contributed by atoms with Crippen LogP contribution in [0, 0.1) is 0 Å². The number of hydrogen-bond acceptors (Lipinski definition) is 5. The second-order valence-electron chi connectivity index (χ2n) is 5.75. The molecular weight excluding hydrogens is 397 g/mol. The molecule has 1 aromatic carbocycles. The van der Waals surface area contributed by atoms with Crippen molar-refractivity contribution in [3.63, 3.8) is 0 Å². The van der Waals surface area contributed by atoms with Crippen LogP contribution in [0.25, 0.3) is 5.69 Å². The number of carbonyl (C=O) groups excluding carboxylic acids is 1. The number of nitrogens with zero attached hydrogens (tertiary/aromatic N) is 3. The van der Waals surface area contributed by atoms with E-state index in [1.165, 1.54) is 12.1 Å². The van der Waals surface area contributed by atoms with Crippen molar-refractivity contribution in [1.29, 1.82) is 0 Å². The van der Waals surface area contributed by atoms with Gasteiger partial charge in [0.05, 0.1) is 18.4 Å². The number of carbonyl (C=O) groups is 1. The Bertz CT molecular complexity index is 1150. The SMILES string of the molecule is COc1ccccc1C[n+]1ccc(-n2c(=O)[nH]n(OC(=O)C(F)(F)F)c2=O)cc1. The fraction of sp³-hybridized carbons (Fsp3) is 0.176. The molecule has 0 saturated heterocycles. The van der Waals surface area contributed by atoms with Crippen molar-refractivity contribution in [3.8, 4) is 11.4 Å². The summed E-state index contributed by atoms with van der Waals surface area (Å²) in [6.07, 6.45) is -2.20. The van der Waals surface area contributed by atoms with E-state index in [4.69, 9.17) is 4.74 Å². The number of alkyl halides is 3. The van der Waals surface area contributed by atoms with Gasteiger partial charge in [0, 0.05) is 12.1 Å². The molecule has 2 heterocycles. The standard InChI is InChI=1S/C17H13F3N4O5/c1-28-13-5-3-2-4-11(13)10-22-8-6-12(7-9-22)23-15(26)21-24(16(23)27)29-14(25)17(18,19)20/h2-9H,10H2,1H3/p+1. The summed E-state index contributed by atoms with van der Waals surface area (Å²) in [6, 6.07) is 10.1. The van der Waals surface area contributed by atoms with Gasteiger partial charge in [-0.3, -0.25) is 0 Å². The van der Waals surface area contributed by atoms with E-state index >= 15 is 0 Å². The van der Waals surface area contributed by atoms with Gasteiger partial charge >= 0.3 is 23.5 Å². The van der Waals surface area contributed by atoms with E-state index < -0.39 is 23.5 Å². The van der Waals surface area contributed by atoms with Gasteiger partial charge in [-0.25, -0.2) is 28.6 Å². The molecule has 0 atom stereocenters. The van der Waals surface area contributed by atoms with Crippen molar-refractivity contribution in [3.05, 3.63) is 75.3 Å². The third-order valence-electron chi connectivity index (χ3n) is 3.85. The molecule has 12 heteroatoms. The quantitative estimate of drug-likeness (QED) is 0.605. The summed E-state index contributed by atoms with van der Waals surface area (Å²) in [5, 5.41) is 1.73. The lowest BCUT2D eigenvalue weighted by Gasteiger charge is -2.05. The second kappa shape index (κ2) is 7.66. The molecular formula is C17H14F3N4O5+. The van der Waals surface area contributed by atoms with Crippen molar-refractivity contribution in [1.82, 2.24) is 14.5 Å². The number of ether oxygens (including phenoxy) is 1. The molecule has 0 radical (unpaired) electrons. The van der Waals surface area contributed by atoms with Crippen LogP contribution in [0.5, 0.6) is 5.75 Å². The van der Waals surface area contributed by atoms with E-state index in [1.807, 2.05) is 18.2 Å². The van der Waals surface area contributed by atoms with Crippen LogP contribution in [0.4, 0.5) is 13.2 Å². The normalized spacial score (nSPS) is 11.3. The molecule has 29 heavy (non-hydrogen) atoms. The van der Waals surface area contributed by atoms with Crippen molar-refractivity contribution in [2.75, 3.05) is 7.11 Å². The lowest BCUT2D eigenvalue weighted by molar-refractivity contribution is -0.688. The average molecular weight is 411 g/mol. The van der Waals surface area contributed by atoms with Crippen LogP contribution in [0.15, 0.2) is 58.4 Å². The van der Waals surface area contributed by atoms with Gasteiger partial charge in [0.25, 0.3) is 0 Å². The van der Waals surface area contributed by atoms with Crippen molar-refractivity contribution >= 4 is 5.97 Å². The van der Waals surface area contributed by atoms with E-state index in [0.717, 1.165) is 5.56 Å². The van der Waals surface area contributed by atoms with Gasteiger partial charge < -0.3 is 9.57 Å². The highest BCUT2D eigenvalue weighted by Gasteiger charge is 2.42. The van der Waals surface area contributed by atoms with Crippen molar-refractivity contribution < 1.29 is 32.1 Å². The number of rotatable bonds is 5. The number of pyridine rings is 1. The number of methoxy groups -OCH3 is 1. The zero-order valence-electron chi connectivity index (χ0n) is 14.8. The Balaban J connectivity index is 1.86. The number of aromatic nitrogens is 4. The molecule has 0 aliphatic rings. The summed E-state index contributed by atoms with van der Waals surface area (Å²) in [7, 11) is 1.54. The summed E-state index contributed by atoms with van der Waals surface area (Å²) in [5.74, 6) is -1.96. The lowest BCUT2D eigenvalue weighted by Crippen LogP contribution is -2.39. The predicted octanol–water partition coefficient (Wildman–Crippen LogP) is 0.189. The maximum Gasteiger partial charge on any atom is 0.493 e. The van der Waals surface area contributed by atoms with E-state index in [-0.39, 0.29) is 10.5 Å². The van der Waals surface area contributed by atoms with Crippen LogP contribution in [0.2, 0.25) is 0 Å². The van der Waals surface area contributed by atoms with Gasteiger partial charge in [-0.1, -0.05) is 12.1 Å².